The van der Waals surface area contributed by atoms with Gasteiger partial charge in [0.05, 0.1) is 49.0 Å². The smallest absolute Gasteiger partial charge is 0.315 e. The molecule has 1 N–H and O–H groups in total. The Morgan fingerprint density at radius 1 is 1.25 bits per heavy atom. The van der Waals surface area contributed by atoms with E-state index in [1.165, 1.54) is 29.6 Å². The van der Waals surface area contributed by atoms with Crippen molar-refractivity contribution in [3.63, 3.8) is 0 Å². The third-order valence-electron chi connectivity index (χ3n) is 3.81. The molecule has 0 radical (unpaired) electrons. The minimum atomic E-state index is -3.70. The Hall–Kier alpha value is -1.82. The van der Waals surface area contributed by atoms with Crippen LogP contribution in [-0.2, 0) is 29.1 Å². The summed E-state index contributed by atoms with van der Waals surface area (Å²) in [4.78, 5) is 23.5. The van der Waals surface area contributed by atoms with Gasteiger partial charge < -0.3 is 19.5 Å². The number of anilines is 1. The van der Waals surface area contributed by atoms with E-state index in [9.17, 15) is 18.0 Å². The molecule has 0 bridgehead atoms. The van der Waals surface area contributed by atoms with Crippen molar-refractivity contribution in [2.24, 2.45) is 0 Å². The number of methoxy groups -OCH3 is 1. The Kier molecular flexibility index (Phi) is 8.55. The van der Waals surface area contributed by atoms with E-state index in [4.69, 9.17) is 14.2 Å². The van der Waals surface area contributed by atoms with Gasteiger partial charge >= 0.3 is 5.97 Å². The van der Waals surface area contributed by atoms with E-state index >= 15 is 0 Å². The maximum atomic E-state index is 12.8. The number of carbonyl (C=O) groups excluding carboxylic acids is 2. The van der Waals surface area contributed by atoms with Gasteiger partial charge in [0, 0.05) is 13.1 Å². The van der Waals surface area contributed by atoms with Crippen molar-refractivity contribution < 1.29 is 32.2 Å². The van der Waals surface area contributed by atoms with Crippen LogP contribution in [-0.4, -0.2) is 76.1 Å². The molecule has 0 atom stereocenters. The molecule has 11 heteroatoms. The van der Waals surface area contributed by atoms with E-state index in [0.717, 1.165) is 11.8 Å². The lowest BCUT2D eigenvalue weighted by Gasteiger charge is -2.26. The molecule has 0 aliphatic carbocycles. The Morgan fingerprint density at radius 2 is 1.96 bits per heavy atom. The van der Waals surface area contributed by atoms with Gasteiger partial charge in [0.2, 0.25) is 15.9 Å². The summed E-state index contributed by atoms with van der Waals surface area (Å²) in [5.41, 5.74) is 0.249. The zero-order valence-corrected chi connectivity index (χ0v) is 17.4. The summed E-state index contributed by atoms with van der Waals surface area (Å²) in [5.74, 6) is -0.360. The number of sulfonamides is 1. The van der Waals surface area contributed by atoms with Crippen LogP contribution in [0.1, 0.15) is 6.92 Å². The van der Waals surface area contributed by atoms with Gasteiger partial charge in [-0.3, -0.25) is 9.59 Å². The minimum Gasteiger partial charge on any atom is -0.495 e. The Bertz CT molecular complexity index is 793. The molecule has 1 fully saturated rings. The Balaban J connectivity index is 2.07. The molecule has 0 spiro atoms. The third-order valence-corrected chi connectivity index (χ3v) is 6.61. The van der Waals surface area contributed by atoms with Crippen LogP contribution in [0.3, 0.4) is 0 Å². The van der Waals surface area contributed by atoms with E-state index in [-0.39, 0.29) is 47.7 Å². The van der Waals surface area contributed by atoms with Crippen molar-refractivity contribution in [1.29, 1.82) is 0 Å². The molecule has 28 heavy (non-hydrogen) atoms. The highest BCUT2D eigenvalue weighted by molar-refractivity contribution is 8.00. The molecule has 9 nitrogen and oxygen atoms in total. The SMILES string of the molecule is CCOC(=O)CSCC(=O)Nc1cc(S(=O)(=O)N2CCOCC2)ccc1OC. The molecule has 1 aromatic rings. The molecule has 0 saturated carbocycles. The number of rotatable bonds is 9. The molecular weight excluding hydrogens is 408 g/mol. The first kappa shape index (κ1) is 22.5. The maximum absolute atomic E-state index is 12.8. The Labute approximate surface area is 168 Å². The topological polar surface area (TPSA) is 111 Å². The zero-order chi connectivity index (χ0) is 20.6. The number of nitrogens with one attached hydrogen (secondary N) is 1. The lowest BCUT2D eigenvalue weighted by atomic mass is 10.3. The zero-order valence-electron chi connectivity index (χ0n) is 15.8. The van der Waals surface area contributed by atoms with Crippen LogP contribution in [0.15, 0.2) is 23.1 Å². The third kappa shape index (κ3) is 6.09. The normalized spacial score (nSPS) is 15.1. The second-order valence-electron chi connectivity index (χ2n) is 5.72. The number of amides is 1. The van der Waals surface area contributed by atoms with Crippen molar-refractivity contribution in [2.75, 3.05) is 56.8 Å². The average molecular weight is 433 g/mol. The number of hydrogen-bond donors (Lipinski definition) is 1. The number of hydrogen-bond acceptors (Lipinski definition) is 8. The fourth-order valence-electron chi connectivity index (χ4n) is 2.50. The minimum absolute atomic E-state index is 0.0163. The molecular formula is C17H24N2O7S2. The fraction of sp³-hybridized carbons (Fsp3) is 0.529. The van der Waals surface area contributed by atoms with Crippen molar-refractivity contribution in [2.45, 2.75) is 11.8 Å². The molecule has 2 rings (SSSR count). The van der Waals surface area contributed by atoms with Crippen LogP contribution in [0.5, 0.6) is 5.75 Å². The van der Waals surface area contributed by atoms with Gasteiger partial charge in [-0.1, -0.05) is 0 Å². The number of benzene rings is 1. The van der Waals surface area contributed by atoms with Crippen LogP contribution in [0.25, 0.3) is 0 Å². The van der Waals surface area contributed by atoms with E-state index < -0.39 is 16.0 Å². The number of nitrogens with zero attached hydrogens (tertiary/aromatic N) is 1. The summed E-state index contributed by atoms with van der Waals surface area (Å²) in [5, 5.41) is 2.64. The number of thioether (sulfide) groups is 1. The predicted molar refractivity (Wildman–Crippen MR) is 105 cm³/mol. The highest BCUT2D eigenvalue weighted by atomic mass is 32.2. The van der Waals surface area contributed by atoms with Gasteiger partial charge in [0.1, 0.15) is 5.75 Å². The number of carbonyl (C=O) groups is 2. The molecule has 1 aliphatic rings. The summed E-state index contributed by atoms with van der Waals surface area (Å²) >= 11 is 1.11. The van der Waals surface area contributed by atoms with Crippen LogP contribution in [0.4, 0.5) is 5.69 Å². The van der Waals surface area contributed by atoms with E-state index in [1.807, 2.05) is 0 Å². The van der Waals surface area contributed by atoms with Gasteiger partial charge in [-0.25, -0.2) is 8.42 Å². The first-order chi connectivity index (χ1) is 13.4. The second kappa shape index (κ2) is 10.6. The largest absolute Gasteiger partial charge is 0.495 e. The second-order valence-corrected chi connectivity index (χ2v) is 8.65. The number of esters is 1. The molecule has 1 amide bonds. The van der Waals surface area contributed by atoms with Gasteiger partial charge in [0.15, 0.2) is 0 Å². The van der Waals surface area contributed by atoms with Crippen LogP contribution < -0.4 is 10.1 Å². The average Bonchev–Trinajstić information content (AvgIpc) is 2.68. The van der Waals surface area contributed by atoms with Gasteiger partial charge in [-0.2, -0.15) is 4.31 Å². The van der Waals surface area contributed by atoms with Gasteiger partial charge in [0.25, 0.3) is 0 Å². The quantitative estimate of drug-likeness (QED) is 0.574. The predicted octanol–water partition coefficient (Wildman–Crippen LogP) is 0.951. The van der Waals surface area contributed by atoms with Crippen LogP contribution in [0, 0.1) is 0 Å². The molecule has 1 heterocycles. The molecule has 1 aromatic carbocycles. The standard InChI is InChI=1S/C17H24N2O7S2/c1-3-26-17(21)12-27-11-16(20)18-14-10-13(4-5-15(14)24-2)28(22,23)19-6-8-25-9-7-19/h4-5,10H,3,6-9,11-12H2,1-2H3,(H,18,20). The Morgan fingerprint density at radius 3 is 2.61 bits per heavy atom. The lowest BCUT2D eigenvalue weighted by Crippen LogP contribution is -2.40. The maximum Gasteiger partial charge on any atom is 0.315 e. The summed E-state index contributed by atoms with van der Waals surface area (Å²) in [6.45, 7) is 3.24. The van der Waals surface area contributed by atoms with Crippen molar-refractivity contribution >= 4 is 39.3 Å². The highest BCUT2D eigenvalue weighted by Crippen LogP contribution is 2.29. The fourth-order valence-corrected chi connectivity index (χ4v) is 4.54. The summed E-state index contributed by atoms with van der Waals surface area (Å²) < 4.78 is 42.1. The molecule has 1 aliphatic heterocycles. The highest BCUT2D eigenvalue weighted by Gasteiger charge is 2.27. The summed E-state index contributed by atoms with van der Waals surface area (Å²) in [7, 11) is -2.27. The van der Waals surface area contributed by atoms with E-state index in [1.54, 1.807) is 6.92 Å². The van der Waals surface area contributed by atoms with E-state index in [0.29, 0.717) is 19.0 Å². The molecule has 1 saturated heterocycles. The number of morpholine rings is 1. The van der Waals surface area contributed by atoms with Crippen molar-refractivity contribution in [3.05, 3.63) is 18.2 Å². The van der Waals surface area contributed by atoms with Gasteiger partial charge in [-0.05, 0) is 25.1 Å². The number of ether oxygens (including phenoxy) is 3. The van der Waals surface area contributed by atoms with Crippen molar-refractivity contribution in [3.8, 4) is 5.75 Å². The molecule has 0 unspecified atom stereocenters. The summed E-state index contributed by atoms with van der Waals surface area (Å²) in [6, 6.07) is 4.31. The molecule has 156 valence electrons. The van der Waals surface area contributed by atoms with Crippen molar-refractivity contribution in [1.82, 2.24) is 4.31 Å². The first-order valence-electron chi connectivity index (χ1n) is 8.67. The first-order valence-corrected chi connectivity index (χ1v) is 11.3. The molecule has 0 aromatic heterocycles. The monoisotopic (exact) mass is 432 g/mol. The summed E-state index contributed by atoms with van der Waals surface area (Å²) in [6.07, 6.45) is 0. The van der Waals surface area contributed by atoms with Crippen LogP contribution in [0.2, 0.25) is 0 Å². The van der Waals surface area contributed by atoms with E-state index in [2.05, 4.69) is 5.32 Å². The van der Waals surface area contributed by atoms with Gasteiger partial charge in [-0.15, -0.1) is 11.8 Å². The van der Waals surface area contributed by atoms with Crippen LogP contribution >= 0.6 is 11.8 Å². The lowest BCUT2D eigenvalue weighted by molar-refractivity contribution is -0.139.